The van der Waals surface area contributed by atoms with Gasteiger partial charge in [0.2, 0.25) is 12.0 Å². The number of halogens is 3. The minimum atomic E-state index is -2.93. The van der Waals surface area contributed by atoms with Crippen molar-refractivity contribution in [3.63, 3.8) is 0 Å². The normalized spacial score (nSPS) is 31.1. The molecule has 2 bridgehead atoms. The van der Waals surface area contributed by atoms with E-state index in [-0.39, 0.29) is 41.3 Å². The first-order chi connectivity index (χ1) is 16.6. The number of esters is 1. The number of aromatic nitrogens is 2. The van der Waals surface area contributed by atoms with Gasteiger partial charge in [-0.15, -0.1) is 0 Å². The zero-order valence-corrected chi connectivity index (χ0v) is 22.0. The lowest BCUT2D eigenvalue weighted by Crippen LogP contribution is -3.00. The Morgan fingerprint density at radius 3 is 2.58 bits per heavy atom. The summed E-state index contributed by atoms with van der Waals surface area (Å²) in [6.07, 6.45) is 4.48. The molecule has 3 unspecified atom stereocenters. The molecule has 1 amide bonds. The lowest BCUT2D eigenvalue weighted by Gasteiger charge is -2.54. The predicted octanol–water partition coefficient (Wildman–Crippen LogP) is -0.456. The summed E-state index contributed by atoms with van der Waals surface area (Å²) in [4.78, 5) is 34.5. The van der Waals surface area contributed by atoms with Gasteiger partial charge in [-0.3, -0.25) is 14.8 Å². The van der Waals surface area contributed by atoms with Crippen LogP contribution in [-0.2, 0) is 19.9 Å². The highest BCUT2D eigenvalue weighted by Gasteiger charge is 2.58. The molecule has 4 fully saturated rings. The fourth-order valence-corrected chi connectivity index (χ4v) is 7.05. The Balaban J connectivity index is 0.00000304. The molecule has 196 valence electrons. The number of rotatable bonds is 7. The maximum atomic E-state index is 14.1. The van der Waals surface area contributed by atoms with Crippen LogP contribution < -0.4 is 22.7 Å². The predicted molar refractivity (Wildman–Crippen MR) is 122 cm³/mol. The summed E-state index contributed by atoms with van der Waals surface area (Å²) in [6, 6.07) is 0.847. The molecule has 4 aliphatic rings. The highest BCUT2D eigenvalue weighted by Crippen LogP contribution is 2.49. The Hall–Kier alpha value is -2.02. The van der Waals surface area contributed by atoms with Gasteiger partial charge in [-0.2, -0.15) is 11.3 Å². The van der Waals surface area contributed by atoms with Crippen LogP contribution in [0, 0.1) is 11.8 Å². The third-order valence-electron chi connectivity index (χ3n) is 8.17. The third-order valence-corrected chi connectivity index (χ3v) is 8.85. The van der Waals surface area contributed by atoms with Crippen molar-refractivity contribution in [3.8, 4) is 0 Å². The number of hydrogen-bond acceptors (Lipinski definition) is 7. The molecule has 2 aromatic heterocycles. The molecule has 36 heavy (non-hydrogen) atoms. The lowest BCUT2D eigenvalue weighted by atomic mass is 9.79. The summed E-state index contributed by atoms with van der Waals surface area (Å²) >= 11 is 1.28. The molecule has 0 spiro atoms. The number of alkyl halides is 2. The first kappa shape index (κ1) is 27.0. The number of ether oxygens (including phenoxy) is 1. The molecule has 1 saturated carbocycles. The lowest BCUT2D eigenvalue weighted by molar-refractivity contribution is -0.965. The minimum absolute atomic E-state index is 0. The van der Waals surface area contributed by atoms with Gasteiger partial charge in [0.25, 0.3) is 5.91 Å². The number of hydrogen-bond donors (Lipinski definition) is 2. The van der Waals surface area contributed by atoms with Crippen molar-refractivity contribution in [1.29, 1.82) is 0 Å². The first-order valence-electron chi connectivity index (χ1n) is 11.9. The molecule has 5 heterocycles. The SMILES string of the molecule is NC(=O)C(c1cnccn1)[N+]12CCC(CC1)[C@@H](OC(=O)C(O)(c1ccsc1)C1CCC(F)(F)C1)C2.[Br-]. The zero-order valence-electron chi connectivity index (χ0n) is 19.6. The zero-order chi connectivity index (χ0) is 24.8. The largest absolute Gasteiger partial charge is 1.00 e. The summed E-state index contributed by atoms with van der Waals surface area (Å²) in [7, 11) is 0. The standard InChI is InChI=1S/C24H28F2N4O4S.BrH/c25-23(26)5-1-16(11-23)24(33,17-4-10-35-14-17)22(32)34-19-13-30(8-2-15(19)3-9-30)20(21(27)31)18-12-28-6-7-29-18;/h4,6-7,10,12,14-16,19-20,33H,1-3,5,8-9,11,13H2,(H-,27,31);1H/t15?,16?,19-,20?,24?,30?;/m0./s1. The molecule has 4 atom stereocenters. The molecule has 2 aromatic rings. The smallest absolute Gasteiger partial charge is 0.343 e. The van der Waals surface area contributed by atoms with E-state index in [0.29, 0.717) is 42.7 Å². The number of primary amides is 1. The third kappa shape index (κ3) is 4.68. The van der Waals surface area contributed by atoms with E-state index in [4.69, 9.17) is 10.5 Å². The summed E-state index contributed by atoms with van der Waals surface area (Å²) in [5.74, 6) is -5.23. The molecule has 0 radical (unpaired) electrons. The monoisotopic (exact) mass is 586 g/mol. The summed E-state index contributed by atoms with van der Waals surface area (Å²) in [5.41, 5.74) is 4.43. The van der Waals surface area contributed by atoms with Crippen LogP contribution in [0.4, 0.5) is 8.78 Å². The Morgan fingerprint density at radius 1 is 1.28 bits per heavy atom. The molecule has 12 heteroatoms. The molecule has 6 rings (SSSR count). The summed E-state index contributed by atoms with van der Waals surface area (Å²) < 4.78 is 34.4. The fourth-order valence-electron chi connectivity index (χ4n) is 6.34. The van der Waals surface area contributed by atoms with Crippen LogP contribution in [0.5, 0.6) is 0 Å². The number of fused-ring (bicyclic) bond motifs is 3. The number of amides is 1. The van der Waals surface area contributed by atoms with Gasteiger partial charge in [0.15, 0.2) is 11.7 Å². The topological polar surface area (TPSA) is 115 Å². The van der Waals surface area contributed by atoms with E-state index in [0.717, 1.165) is 0 Å². The Bertz CT molecular complexity index is 1090. The second kappa shape index (κ2) is 10.0. The van der Waals surface area contributed by atoms with Crippen LogP contribution in [-0.4, -0.2) is 63.1 Å². The van der Waals surface area contributed by atoms with E-state index in [1.807, 2.05) is 0 Å². The van der Waals surface area contributed by atoms with Crippen LogP contribution in [0.1, 0.15) is 49.4 Å². The quantitative estimate of drug-likeness (QED) is 0.335. The number of aliphatic hydroxyl groups is 1. The average Bonchev–Trinajstić information content (AvgIpc) is 3.50. The molecule has 8 nitrogen and oxygen atoms in total. The van der Waals surface area contributed by atoms with Gasteiger partial charge in [0.1, 0.15) is 12.2 Å². The number of quaternary nitrogens is 1. The van der Waals surface area contributed by atoms with Crippen LogP contribution >= 0.6 is 11.3 Å². The fraction of sp³-hybridized carbons (Fsp3) is 0.583. The average molecular weight is 587 g/mol. The van der Waals surface area contributed by atoms with Crippen LogP contribution in [0.25, 0.3) is 0 Å². The second-order valence-electron chi connectivity index (χ2n) is 10.1. The van der Waals surface area contributed by atoms with E-state index in [9.17, 15) is 23.5 Å². The Kier molecular flexibility index (Phi) is 7.53. The van der Waals surface area contributed by atoms with Crippen LogP contribution in [0.15, 0.2) is 35.4 Å². The number of carbonyl (C=O) groups excluding carboxylic acids is 2. The number of thiophene rings is 1. The van der Waals surface area contributed by atoms with Crippen molar-refractivity contribution in [1.82, 2.24) is 9.97 Å². The number of nitrogens with zero attached hydrogens (tertiary/aromatic N) is 3. The molecule has 3 N–H and O–H groups in total. The number of nitrogens with two attached hydrogens (primary N) is 1. The van der Waals surface area contributed by atoms with E-state index in [1.165, 1.54) is 29.9 Å². The highest BCUT2D eigenvalue weighted by atomic mass is 79.9. The van der Waals surface area contributed by atoms with E-state index in [2.05, 4.69) is 9.97 Å². The van der Waals surface area contributed by atoms with Crippen molar-refractivity contribution in [2.75, 3.05) is 19.6 Å². The van der Waals surface area contributed by atoms with Gasteiger partial charge < -0.3 is 37.0 Å². The van der Waals surface area contributed by atoms with Gasteiger partial charge in [-0.25, -0.2) is 13.6 Å². The molecule has 3 saturated heterocycles. The van der Waals surface area contributed by atoms with Crippen LogP contribution in [0.3, 0.4) is 0 Å². The first-order valence-corrected chi connectivity index (χ1v) is 12.8. The van der Waals surface area contributed by atoms with Gasteiger partial charge in [-0.1, -0.05) is 0 Å². The molecule has 0 aromatic carbocycles. The molecule has 1 aliphatic carbocycles. The molecular weight excluding hydrogens is 558 g/mol. The maximum Gasteiger partial charge on any atom is 0.343 e. The Labute approximate surface area is 222 Å². The van der Waals surface area contributed by atoms with Crippen molar-refractivity contribution >= 4 is 23.2 Å². The highest BCUT2D eigenvalue weighted by molar-refractivity contribution is 7.08. The number of piperidine rings is 3. The van der Waals surface area contributed by atoms with Gasteiger partial charge in [-0.05, 0) is 23.2 Å². The van der Waals surface area contributed by atoms with Crippen molar-refractivity contribution in [2.24, 2.45) is 17.6 Å². The van der Waals surface area contributed by atoms with Gasteiger partial charge in [0, 0.05) is 55.5 Å². The summed E-state index contributed by atoms with van der Waals surface area (Å²) in [6.45, 7) is 1.68. The number of carbonyl (C=O) groups is 2. The van der Waals surface area contributed by atoms with Crippen LogP contribution in [0.2, 0.25) is 0 Å². The molecular formula is C24H29BrF2N4O4S. The maximum absolute atomic E-state index is 14.1. The molecule has 3 aliphatic heterocycles. The van der Waals surface area contributed by atoms with Crippen molar-refractivity contribution < 1.29 is 49.7 Å². The minimum Gasteiger partial charge on any atom is -1.00 e. The van der Waals surface area contributed by atoms with Crippen molar-refractivity contribution in [2.45, 2.75) is 55.8 Å². The van der Waals surface area contributed by atoms with Crippen molar-refractivity contribution in [3.05, 3.63) is 46.7 Å². The van der Waals surface area contributed by atoms with E-state index >= 15 is 0 Å². The second-order valence-corrected chi connectivity index (χ2v) is 10.9. The van der Waals surface area contributed by atoms with E-state index in [1.54, 1.807) is 16.8 Å². The van der Waals surface area contributed by atoms with Gasteiger partial charge in [0.05, 0.1) is 19.3 Å². The Morgan fingerprint density at radius 2 is 2.03 bits per heavy atom. The van der Waals surface area contributed by atoms with Gasteiger partial charge >= 0.3 is 5.97 Å². The summed E-state index contributed by atoms with van der Waals surface area (Å²) in [5, 5.41) is 14.9. The van der Waals surface area contributed by atoms with E-state index < -0.39 is 47.9 Å².